The second-order valence-electron chi connectivity index (χ2n) is 6.00. The third-order valence-corrected chi connectivity index (χ3v) is 7.02. The lowest BCUT2D eigenvalue weighted by Gasteiger charge is -2.34. The molecule has 0 unspecified atom stereocenters. The van der Waals surface area contributed by atoms with Gasteiger partial charge >= 0.3 is 0 Å². The van der Waals surface area contributed by atoms with Gasteiger partial charge in [0.25, 0.3) is 0 Å². The summed E-state index contributed by atoms with van der Waals surface area (Å²) in [5.41, 5.74) is -0.676. The minimum Gasteiger partial charge on any atom is -0.382 e. The normalized spacial score (nSPS) is 14.7. The molecule has 0 spiro atoms. The molecular weight excluding hydrogens is 390 g/mol. The van der Waals surface area contributed by atoms with Gasteiger partial charge in [-0.3, -0.25) is 4.98 Å². The molecule has 27 heavy (non-hydrogen) atoms. The van der Waals surface area contributed by atoms with Crippen molar-refractivity contribution in [3.05, 3.63) is 78.1 Å². The van der Waals surface area contributed by atoms with Gasteiger partial charge < -0.3 is 5.11 Å². The molecule has 5 nitrogen and oxygen atoms in total. The van der Waals surface area contributed by atoms with Gasteiger partial charge in [0.1, 0.15) is 29.9 Å². The highest BCUT2D eigenvalue weighted by molar-refractivity contribution is 8.76. The van der Waals surface area contributed by atoms with Crippen LogP contribution in [0.5, 0.6) is 0 Å². The summed E-state index contributed by atoms with van der Waals surface area (Å²) in [5.74, 6) is -0.571. The molecule has 0 aliphatic heterocycles. The first kappa shape index (κ1) is 19.8. The van der Waals surface area contributed by atoms with E-state index < -0.39 is 22.5 Å². The predicted octanol–water partition coefficient (Wildman–Crippen LogP) is 3.81. The summed E-state index contributed by atoms with van der Waals surface area (Å²) in [5, 5.41) is 14.9. The Morgan fingerprint density at radius 2 is 1.96 bits per heavy atom. The van der Waals surface area contributed by atoms with E-state index in [0.29, 0.717) is 5.75 Å². The molecule has 3 aromatic rings. The number of hydrogen-bond acceptors (Lipinski definition) is 6. The molecule has 3 rings (SSSR count). The van der Waals surface area contributed by atoms with Crippen molar-refractivity contribution in [1.82, 2.24) is 19.7 Å². The molecule has 2 aromatic heterocycles. The summed E-state index contributed by atoms with van der Waals surface area (Å²) >= 11 is 0. The van der Waals surface area contributed by atoms with Crippen molar-refractivity contribution in [2.45, 2.75) is 30.1 Å². The third-order valence-electron chi connectivity index (χ3n) is 4.12. The number of benzene rings is 1. The number of nitrogens with zero attached hydrogens (tertiary/aromatic N) is 4. The van der Waals surface area contributed by atoms with E-state index in [9.17, 15) is 13.9 Å². The molecule has 0 bridgehead atoms. The number of aromatic nitrogens is 4. The molecule has 9 heteroatoms. The van der Waals surface area contributed by atoms with Gasteiger partial charge in [0.15, 0.2) is 0 Å². The zero-order chi connectivity index (χ0) is 19.3. The van der Waals surface area contributed by atoms with E-state index in [-0.39, 0.29) is 12.1 Å². The van der Waals surface area contributed by atoms with E-state index in [1.54, 1.807) is 19.3 Å². The standard InChI is InChI=1S/C18H18F2N4OS2/c1-13(27-26-9-14-4-6-21-7-5-14)18(25,10-24-12-22-11-23-24)16-8-15(19)2-3-17(16)20/h2-8,11-13,25H,9-10H2,1H3/t13-,18-/m1/s1. The Morgan fingerprint density at radius 3 is 2.67 bits per heavy atom. The summed E-state index contributed by atoms with van der Waals surface area (Å²) in [7, 11) is 2.93. The van der Waals surface area contributed by atoms with Crippen LogP contribution in [-0.4, -0.2) is 30.1 Å². The molecule has 0 saturated carbocycles. The maximum atomic E-state index is 14.4. The minimum absolute atomic E-state index is 0.0443. The highest BCUT2D eigenvalue weighted by Gasteiger charge is 2.40. The van der Waals surface area contributed by atoms with Crippen LogP contribution in [0.3, 0.4) is 0 Å². The van der Waals surface area contributed by atoms with Gasteiger partial charge in [0, 0.05) is 29.0 Å². The fourth-order valence-electron chi connectivity index (χ4n) is 2.59. The van der Waals surface area contributed by atoms with Crippen molar-refractivity contribution in [1.29, 1.82) is 0 Å². The SMILES string of the molecule is C[C@@H](SSCc1ccncc1)[C@](O)(Cn1cncn1)c1cc(F)ccc1F. The van der Waals surface area contributed by atoms with E-state index in [4.69, 9.17) is 0 Å². The number of pyridine rings is 1. The summed E-state index contributed by atoms with van der Waals surface area (Å²) in [6, 6.07) is 6.91. The van der Waals surface area contributed by atoms with Crippen molar-refractivity contribution < 1.29 is 13.9 Å². The fourth-order valence-corrected chi connectivity index (χ4v) is 5.25. The van der Waals surface area contributed by atoms with Gasteiger partial charge in [-0.15, -0.1) is 0 Å². The average Bonchev–Trinajstić information content (AvgIpc) is 3.17. The van der Waals surface area contributed by atoms with Gasteiger partial charge in [-0.2, -0.15) is 5.10 Å². The first-order valence-corrected chi connectivity index (χ1v) is 10.5. The first-order valence-electron chi connectivity index (χ1n) is 8.16. The molecule has 1 N–H and O–H groups in total. The van der Waals surface area contributed by atoms with Crippen LogP contribution < -0.4 is 0 Å². The zero-order valence-electron chi connectivity index (χ0n) is 14.5. The second kappa shape index (κ2) is 8.81. The topological polar surface area (TPSA) is 63.8 Å². The average molecular weight is 408 g/mol. The lowest BCUT2D eigenvalue weighted by atomic mass is 9.90. The number of halogens is 2. The molecule has 0 aliphatic carbocycles. The monoisotopic (exact) mass is 408 g/mol. The van der Waals surface area contributed by atoms with Crippen LogP contribution in [0, 0.1) is 11.6 Å². The Balaban J connectivity index is 1.81. The van der Waals surface area contributed by atoms with Gasteiger partial charge in [-0.05, 0) is 42.8 Å². The maximum Gasteiger partial charge on any atom is 0.137 e. The Kier molecular flexibility index (Phi) is 6.46. The Labute approximate surface area is 163 Å². The molecular formula is C18H18F2N4OS2. The van der Waals surface area contributed by atoms with E-state index in [2.05, 4.69) is 15.1 Å². The van der Waals surface area contributed by atoms with E-state index in [1.165, 1.54) is 38.9 Å². The van der Waals surface area contributed by atoms with Crippen LogP contribution in [0.4, 0.5) is 8.78 Å². The van der Waals surface area contributed by atoms with Gasteiger partial charge in [0.2, 0.25) is 0 Å². The smallest absolute Gasteiger partial charge is 0.137 e. The number of hydrogen-bond donors (Lipinski definition) is 1. The molecule has 1 aromatic carbocycles. The lowest BCUT2D eigenvalue weighted by molar-refractivity contribution is 0.0134. The van der Waals surface area contributed by atoms with Crippen LogP contribution in [0.2, 0.25) is 0 Å². The van der Waals surface area contributed by atoms with Crippen LogP contribution in [0.15, 0.2) is 55.4 Å². The molecule has 142 valence electrons. The van der Waals surface area contributed by atoms with Crippen molar-refractivity contribution in [3.8, 4) is 0 Å². The zero-order valence-corrected chi connectivity index (χ0v) is 16.1. The van der Waals surface area contributed by atoms with E-state index in [0.717, 1.165) is 23.8 Å². The lowest BCUT2D eigenvalue weighted by Crippen LogP contribution is -2.41. The van der Waals surface area contributed by atoms with Crippen LogP contribution >= 0.6 is 21.6 Å². The van der Waals surface area contributed by atoms with Crippen molar-refractivity contribution in [2.24, 2.45) is 0 Å². The van der Waals surface area contributed by atoms with Crippen LogP contribution in [0.25, 0.3) is 0 Å². The van der Waals surface area contributed by atoms with Crippen LogP contribution in [-0.2, 0) is 17.9 Å². The minimum atomic E-state index is -1.67. The van der Waals surface area contributed by atoms with E-state index in [1.807, 2.05) is 12.1 Å². The fraction of sp³-hybridized carbons (Fsp3) is 0.278. The molecule has 0 saturated heterocycles. The molecule has 0 radical (unpaired) electrons. The quantitative estimate of drug-likeness (QED) is 0.572. The molecule has 0 amide bonds. The summed E-state index contributed by atoms with van der Waals surface area (Å²) in [6.07, 6.45) is 6.20. The Bertz CT molecular complexity index is 867. The van der Waals surface area contributed by atoms with Gasteiger partial charge in [0.05, 0.1) is 6.54 Å². The third kappa shape index (κ3) is 4.85. The maximum absolute atomic E-state index is 14.4. The Hall–Kier alpha value is -1.97. The second-order valence-corrected chi connectivity index (χ2v) is 8.71. The van der Waals surface area contributed by atoms with Crippen molar-refractivity contribution in [3.63, 3.8) is 0 Å². The largest absolute Gasteiger partial charge is 0.382 e. The molecule has 2 heterocycles. The van der Waals surface area contributed by atoms with Crippen molar-refractivity contribution >= 4 is 21.6 Å². The highest BCUT2D eigenvalue weighted by Crippen LogP contribution is 2.41. The first-order chi connectivity index (χ1) is 13.0. The molecule has 0 fully saturated rings. The van der Waals surface area contributed by atoms with Crippen molar-refractivity contribution in [2.75, 3.05) is 0 Å². The highest BCUT2D eigenvalue weighted by atomic mass is 33.1. The van der Waals surface area contributed by atoms with Gasteiger partial charge in [-0.1, -0.05) is 21.6 Å². The summed E-state index contributed by atoms with van der Waals surface area (Å²) in [6.45, 7) is 1.74. The van der Waals surface area contributed by atoms with Crippen LogP contribution in [0.1, 0.15) is 18.1 Å². The predicted molar refractivity (Wildman–Crippen MR) is 103 cm³/mol. The summed E-state index contributed by atoms with van der Waals surface area (Å²) < 4.78 is 29.6. The Morgan fingerprint density at radius 1 is 1.19 bits per heavy atom. The molecule has 0 aliphatic rings. The van der Waals surface area contributed by atoms with E-state index >= 15 is 0 Å². The number of rotatable bonds is 8. The van der Waals surface area contributed by atoms with Gasteiger partial charge in [-0.25, -0.2) is 18.4 Å². The number of aliphatic hydroxyl groups is 1. The summed E-state index contributed by atoms with van der Waals surface area (Å²) in [4.78, 5) is 7.83. The molecule has 2 atom stereocenters.